The number of thioether (sulfide) groups is 1. The molecule has 0 aliphatic carbocycles. The Morgan fingerprint density at radius 1 is 1.63 bits per heavy atom. The molecule has 0 aromatic heterocycles. The number of carbonyl (C=O) groups excluding carboxylic acids is 1. The summed E-state index contributed by atoms with van der Waals surface area (Å²) >= 11 is 7.79. The molecule has 1 aliphatic rings. The first-order valence-corrected chi connectivity index (χ1v) is 7.88. The van der Waals surface area contributed by atoms with Gasteiger partial charge in [0.05, 0.1) is 6.61 Å². The Kier molecular flexibility index (Phi) is 5.51. The number of hydrogen-bond donors (Lipinski definition) is 2. The maximum Gasteiger partial charge on any atom is 0.254 e. The van der Waals surface area contributed by atoms with E-state index in [0.29, 0.717) is 13.2 Å². The lowest BCUT2D eigenvalue weighted by Crippen LogP contribution is -2.45. The van der Waals surface area contributed by atoms with Gasteiger partial charge in [0.2, 0.25) is 0 Å². The number of ether oxygens (including phenoxy) is 1. The third-order valence-corrected chi connectivity index (χ3v) is 3.80. The number of carbonyl (C=O) groups is 1. The summed E-state index contributed by atoms with van der Waals surface area (Å²) in [7, 11) is 0. The van der Waals surface area contributed by atoms with Gasteiger partial charge in [-0.3, -0.25) is 4.79 Å². The van der Waals surface area contributed by atoms with Crippen LogP contribution >= 0.6 is 23.4 Å². The summed E-state index contributed by atoms with van der Waals surface area (Å²) < 4.78 is 5.41. The van der Waals surface area contributed by atoms with Crippen molar-refractivity contribution in [1.29, 1.82) is 0 Å². The second-order valence-corrected chi connectivity index (χ2v) is 5.57. The largest absolute Gasteiger partial charge is 0.366 e. The third kappa shape index (κ3) is 4.11. The van der Waals surface area contributed by atoms with Crippen molar-refractivity contribution >= 4 is 35.0 Å². The van der Waals surface area contributed by atoms with Crippen molar-refractivity contribution in [2.75, 3.05) is 31.3 Å². The Morgan fingerprint density at radius 3 is 3.16 bits per heavy atom. The van der Waals surface area contributed by atoms with E-state index >= 15 is 0 Å². The highest BCUT2D eigenvalue weighted by Crippen LogP contribution is 2.24. The van der Waals surface area contributed by atoms with Crippen LogP contribution in [0.4, 0.5) is 5.69 Å². The molecule has 1 aliphatic heterocycles. The molecule has 4 nitrogen and oxygen atoms in total. The molecular weight excluding hydrogens is 284 g/mol. The van der Waals surface area contributed by atoms with Crippen LogP contribution in [-0.4, -0.2) is 38.0 Å². The Balaban J connectivity index is 2.01. The topological polar surface area (TPSA) is 50.4 Å². The molecule has 0 spiro atoms. The summed E-state index contributed by atoms with van der Waals surface area (Å²) in [4.78, 5) is 12.0. The molecule has 1 heterocycles. The minimum atomic E-state index is -0.423. The Labute approximate surface area is 122 Å². The molecule has 1 amide bonds. The van der Waals surface area contributed by atoms with Gasteiger partial charge in [-0.05, 0) is 30.0 Å². The van der Waals surface area contributed by atoms with Crippen LogP contribution in [0.25, 0.3) is 0 Å². The van der Waals surface area contributed by atoms with Crippen LogP contribution < -0.4 is 10.6 Å². The van der Waals surface area contributed by atoms with Gasteiger partial charge < -0.3 is 15.4 Å². The lowest BCUT2D eigenvalue weighted by Gasteiger charge is -2.22. The van der Waals surface area contributed by atoms with Gasteiger partial charge in [0.15, 0.2) is 0 Å². The third-order valence-electron chi connectivity index (χ3n) is 2.83. The number of rotatable bonds is 4. The normalized spacial score (nSPS) is 19.2. The van der Waals surface area contributed by atoms with Gasteiger partial charge in [-0.15, -0.1) is 0 Å². The average molecular weight is 301 g/mol. The van der Waals surface area contributed by atoms with E-state index in [1.54, 1.807) is 17.8 Å². The standard InChI is InChI=1S/C13H17ClN2O2S/c1-19-8-9-6-10(2-3-11(9)14)16-13(17)12-7-15-4-5-18-12/h2-3,6,12,15H,4-5,7-8H2,1H3,(H,16,17)/t12-/m1/s1. The van der Waals surface area contributed by atoms with Crippen molar-refractivity contribution in [2.24, 2.45) is 0 Å². The maximum absolute atomic E-state index is 12.0. The van der Waals surface area contributed by atoms with E-state index in [2.05, 4.69) is 10.6 Å². The average Bonchev–Trinajstić information content (AvgIpc) is 2.44. The summed E-state index contributed by atoms with van der Waals surface area (Å²) in [5.41, 5.74) is 1.78. The van der Waals surface area contributed by atoms with Crippen LogP contribution in [0.1, 0.15) is 5.56 Å². The van der Waals surface area contributed by atoms with Crippen molar-refractivity contribution in [3.63, 3.8) is 0 Å². The SMILES string of the molecule is CSCc1cc(NC(=O)[C@H]2CNCCO2)ccc1Cl. The monoisotopic (exact) mass is 300 g/mol. The number of halogens is 1. The zero-order valence-electron chi connectivity index (χ0n) is 10.7. The molecule has 1 aromatic rings. The van der Waals surface area contributed by atoms with Crippen molar-refractivity contribution in [1.82, 2.24) is 5.32 Å². The number of amides is 1. The first-order chi connectivity index (χ1) is 9.20. The summed E-state index contributed by atoms with van der Waals surface area (Å²) in [5, 5.41) is 6.72. The molecule has 1 atom stereocenters. The number of morpholine rings is 1. The van der Waals surface area contributed by atoms with Gasteiger partial charge in [0.25, 0.3) is 5.91 Å². The minimum Gasteiger partial charge on any atom is -0.366 e. The molecule has 2 N–H and O–H groups in total. The van der Waals surface area contributed by atoms with Gasteiger partial charge >= 0.3 is 0 Å². The fourth-order valence-electron chi connectivity index (χ4n) is 1.88. The van der Waals surface area contributed by atoms with Crippen molar-refractivity contribution < 1.29 is 9.53 Å². The Morgan fingerprint density at radius 2 is 2.47 bits per heavy atom. The quantitative estimate of drug-likeness (QED) is 0.894. The zero-order chi connectivity index (χ0) is 13.7. The molecule has 0 saturated carbocycles. The predicted molar refractivity (Wildman–Crippen MR) is 79.9 cm³/mol. The van der Waals surface area contributed by atoms with E-state index in [0.717, 1.165) is 28.6 Å². The van der Waals surface area contributed by atoms with E-state index in [1.807, 2.05) is 18.4 Å². The van der Waals surface area contributed by atoms with Gasteiger partial charge in [0.1, 0.15) is 6.10 Å². The molecule has 1 fully saturated rings. The van der Waals surface area contributed by atoms with Crippen LogP contribution in [0.15, 0.2) is 18.2 Å². The molecular formula is C13H17ClN2O2S. The summed E-state index contributed by atoms with van der Waals surface area (Å²) in [6.07, 6.45) is 1.59. The Bertz CT molecular complexity index is 450. The number of anilines is 1. The second-order valence-electron chi connectivity index (χ2n) is 4.29. The van der Waals surface area contributed by atoms with Crippen LogP contribution in [0, 0.1) is 0 Å². The fourth-order valence-corrected chi connectivity index (χ4v) is 2.69. The number of benzene rings is 1. The highest BCUT2D eigenvalue weighted by atomic mass is 35.5. The van der Waals surface area contributed by atoms with E-state index in [4.69, 9.17) is 16.3 Å². The maximum atomic E-state index is 12.0. The van der Waals surface area contributed by atoms with E-state index in [9.17, 15) is 4.79 Å². The predicted octanol–water partition coefficient (Wildman–Crippen LogP) is 2.13. The molecule has 0 radical (unpaired) electrons. The van der Waals surface area contributed by atoms with Crippen LogP contribution in [0.2, 0.25) is 5.02 Å². The highest BCUT2D eigenvalue weighted by molar-refractivity contribution is 7.97. The minimum absolute atomic E-state index is 0.121. The van der Waals surface area contributed by atoms with Gasteiger partial charge in [-0.2, -0.15) is 11.8 Å². The van der Waals surface area contributed by atoms with Gasteiger partial charge in [-0.1, -0.05) is 11.6 Å². The lowest BCUT2D eigenvalue weighted by molar-refractivity contribution is -0.128. The molecule has 1 saturated heterocycles. The van der Waals surface area contributed by atoms with E-state index in [1.165, 1.54) is 0 Å². The van der Waals surface area contributed by atoms with Crippen molar-refractivity contribution in [2.45, 2.75) is 11.9 Å². The van der Waals surface area contributed by atoms with Gasteiger partial charge in [-0.25, -0.2) is 0 Å². The lowest BCUT2D eigenvalue weighted by atomic mass is 10.2. The van der Waals surface area contributed by atoms with Gasteiger partial charge in [0, 0.05) is 29.6 Å². The molecule has 2 rings (SSSR count). The summed E-state index contributed by atoms with van der Waals surface area (Å²) in [5.74, 6) is 0.703. The molecule has 0 unspecified atom stereocenters. The van der Waals surface area contributed by atoms with Crippen molar-refractivity contribution in [3.8, 4) is 0 Å². The smallest absolute Gasteiger partial charge is 0.254 e. The zero-order valence-corrected chi connectivity index (χ0v) is 12.3. The summed E-state index contributed by atoms with van der Waals surface area (Å²) in [6.45, 7) is 1.91. The van der Waals surface area contributed by atoms with E-state index in [-0.39, 0.29) is 5.91 Å². The molecule has 104 valence electrons. The number of nitrogens with one attached hydrogen (secondary N) is 2. The molecule has 6 heteroatoms. The summed E-state index contributed by atoms with van der Waals surface area (Å²) in [6, 6.07) is 5.52. The molecule has 19 heavy (non-hydrogen) atoms. The Hall–Kier alpha value is -0.750. The molecule has 1 aromatic carbocycles. The van der Waals surface area contributed by atoms with Crippen molar-refractivity contribution in [3.05, 3.63) is 28.8 Å². The van der Waals surface area contributed by atoms with Crippen LogP contribution in [0.3, 0.4) is 0 Å². The first-order valence-electron chi connectivity index (χ1n) is 6.11. The first kappa shape index (κ1) is 14.7. The molecule has 0 bridgehead atoms. The number of hydrogen-bond acceptors (Lipinski definition) is 4. The highest BCUT2D eigenvalue weighted by Gasteiger charge is 2.21. The van der Waals surface area contributed by atoms with Crippen LogP contribution in [0.5, 0.6) is 0 Å². The van der Waals surface area contributed by atoms with Crippen LogP contribution in [-0.2, 0) is 15.3 Å². The van der Waals surface area contributed by atoms with E-state index < -0.39 is 6.10 Å². The second kappa shape index (κ2) is 7.14. The fraction of sp³-hybridized carbons (Fsp3) is 0.462.